The summed E-state index contributed by atoms with van der Waals surface area (Å²) in [5.74, 6) is 0.408. The number of aromatic nitrogens is 1. The molecule has 0 aliphatic heterocycles. The molecular formula is C12H22N2OS. The van der Waals surface area contributed by atoms with Crippen LogP contribution < -0.4 is 5.73 Å². The lowest BCUT2D eigenvalue weighted by molar-refractivity contribution is -0.00172. The van der Waals surface area contributed by atoms with Gasteiger partial charge in [0.25, 0.3) is 0 Å². The molecule has 0 spiro atoms. The van der Waals surface area contributed by atoms with E-state index in [1.54, 1.807) is 18.4 Å². The van der Waals surface area contributed by atoms with Crippen LogP contribution in [0.2, 0.25) is 0 Å². The number of ether oxygens (including phenoxy) is 1. The predicted octanol–water partition coefficient (Wildman–Crippen LogP) is 3.07. The lowest BCUT2D eigenvalue weighted by Crippen LogP contribution is -2.24. The molecule has 4 heteroatoms. The van der Waals surface area contributed by atoms with Crippen molar-refractivity contribution < 1.29 is 4.74 Å². The maximum Gasteiger partial charge on any atom is 0.125 e. The number of rotatable bonds is 5. The van der Waals surface area contributed by atoms with E-state index in [0.717, 1.165) is 17.1 Å². The first kappa shape index (κ1) is 13.6. The molecule has 16 heavy (non-hydrogen) atoms. The van der Waals surface area contributed by atoms with E-state index in [-0.39, 0.29) is 11.6 Å². The normalized spacial score (nSPS) is 17.4. The fourth-order valence-electron chi connectivity index (χ4n) is 1.41. The van der Waals surface area contributed by atoms with Crippen molar-refractivity contribution in [3.8, 4) is 0 Å². The molecule has 1 heterocycles. The Hall–Kier alpha value is -0.450. The summed E-state index contributed by atoms with van der Waals surface area (Å²) in [6.45, 7) is 8.39. The maximum absolute atomic E-state index is 6.08. The van der Waals surface area contributed by atoms with Gasteiger partial charge in [-0.05, 0) is 19.3 Å². The minimum atomic E-state index is -0.278. The quantitative estimate of drug-likeness (QED) is 0.863. The second-order valence-electron chi connectivity index (χ2n) is 4.64. The second kappa shape index (κ2) is 5.25. The first-order chi connectivity index (χ1) is 7.44. The molecule has 1 rings (SSSR count). The molecule has 2 atom stereocenters. The van der Waals surface area contributed by atoms with Crippen molar-refractivity contribution in [1.82, 2.24) is 4.98 Å². The molecule has 92 valence electrons. The summed E-state index contributed by atoms with van der Waals surface area (Å²) in [5, 5.41) is 3.07. The number of thiazole rings is 1. The highest BCUT2D eigenvalue weighted by molar-refractivity contribution is 7.09. The summed E-state index contributed by atoms with van der Waals surface area (Å²) in [4.78, 5) is 4.61. The molecule has 0 radical (unpaired) electrons. The summed E-state index contributed by atoms with van der Waals surface area (Å²) in [6, 6.07) is 0.0166. The van der Waals surface area contributed by atoms with Crippen LogP contribution in [-0.2, 0) is 10.3 Å². The Kier molecular flexibility index (Phi) is 4.47. The molecule has 0 aromatic carbocycles. The summed E-state index contributed by atoms with van der Waals surface area (Å²) in [5.41, 5.74) is 6.78. The van der Waals surface area contributed by atoms with Crippen LogP contribution in [-0.4, -0.2) is 12.1 Å². The van der Waals surface area contributed by atoms with Crippen molar-refractivity contribution in [3.05, 3.63) is 16.1 Å². The van der Waals surface area contributed by atoms with E-state index in [1.165, 1.54) is 0 Å². The van der Waals surface area contributed by atoms with E-state index in [1.807, 2.05) is 5.38 Å². The molecule has 0 saturated carbocycles. The number of hydrogen-bond acceptors (Lipinski definition) is 4. The van der Waals surface area contributed by atoms with Crippen LogP contribution in [0.3, 0.4) is 0 Å². The van der Waals surface area contributed by atoms with Crippen molar-refractivity contribution in [3.63, 3.8) is 0 Å². The van der Waals surface area contributed by atoms with Gasteiger partial charge >= 0.3 is 0 Å². The van der Waals surface area contributed by atoms with Gasteiger partial charge in [0.05, 0.1) is 11.7 Å². The summed E-state index contributed by atoms with van der Waals surface area (Å²) >= 11 is 1.64. The average Bonchev–Trinajstić information content (AvgIpc) is 2.76. The Morgan fingerprint density at radius 3 is 2.62 bits per heavy atom. The van der Waals surface area contributed by atoms with Crippen molar-refractivity contribution >= 4 is 11.3 Å². The van der Waals surface area contributed by atoms with Gasteiger partial charge in [-0.15, -0.1) is 11.3 Å². The molecule has 3 nitrogen and oxygen atoms in total. The van der Waals surface area contributed by atoms with Crippen LogP contribution in [0.5, 0.6) is 0 Å². The van der Waals surface area contributed by atoms with Gasteiger partial charge in [-0.2, -0.15) is 0 Å². The molecule has 0 bridgehead atoms. The topological polar surface area (TPSA) is 48.1 Å². The fourth-order valence-corrected chi connectivity index (χ4v) is 2.48. The first-order valence-corrected chi connectivity index (χ1v) is 6.59. The third-order valence-corrected chi connectivity index (χ3v) is 4.26. The maximum atomic E-state index is 6.08. The lowest BCUT2D eigenvalue weighted by Gasteiger charge is -2.23. The van der Waals surface area contributed by atoms with E-state index >= 15 is 0 Å². The molecule has 0 saturated heterocycles. The number of methoxy groups -OCH3 is 1. The largest absolute Gasteiger partial charge is 0.371 e. The molecule has 0 amide bonds. The lowest BCUT2D eigenvalue weighted by atomic mass is 10.0. The van der Waals surface area contributed by atoms with Crippen molar-refractivity contribution in [2.24, 2.45) is 11.7 Å². The molecule has 1 aromatic heterocycles. The molecule has 0 fully saturated rings. The third-order valence-electron chi connectivity index (χ3n) is 3.16. The summed E-state index contributed by atoms with van der Waals surface area (Å²) in [6.07, 6.45) is 0.910. The molecule has 2 N–H and O–H groups in total. The third kappa shape index (κ3) is 2.62. The minimum absolute atomic E-state index is 0.0166. The van der Waals surface area contributed by atoms with Crippen molar-refractivity contribution in [2.75, 3.05) is 7.11 Å². The monoisotopic (exact) mass is 242 g/mol. The van der Waals surface area contributed by atoms with Crippen LogP contribution in [0.4, 0.5) is 0 Å². The van der Waals surface area contributed by atoms with Crippen LogP contribution in [0.1, 0.15) is 50.9 Å². The van der Waals surface area contributed by atoms with Crippen LogP contribution in [0.15, 0.2) is 5.38 Å². The van der Waals surface area contributed by atoms with Gasteiger partial charge in [0.2, 0.25) is 0 Å². The van der Waals surface area contributed by atoms with E-state index in [2.05, 4.69) is 32.7 Å². The highest BCUT2D eigenvalue weighted by Crippen LogP contribution is 2.32. The van der Waals surface area contributed by atoms with E-state index in [4.69, 9.17) is 10.5 Å². The molecule has 2 unspecified atom stereocenters. The second-order valence-corrected chi connectivity index (χ2v) is 5.49. The van der Waals surface area contributed by atoms with E-state index in [9.17, 15) is 0 Å². The Morgan fingerprint density at radius 2 is 2.19 bits per heavy atom. The van der Waals surface area contributed by atoms with Gasteiger partial charge in [0.1, 0.15) is 10.6 Å². The van der Waals surface area contributed by atoms with Gasteiger partial charge < -0.3 is 10.5 Å². The zero-order valence-corrected chi connectivity index (χ0v) is 11.6. The predicted molar refractivity (Wildman–Crippen MR) is 68.5 cm³/mol. The highest BCUT2D eigenvalue weighted by Gasteiger charge is 2.28. The Bertz CT molecular complexity index is 332. The number of nitrogens with two attached hydrogens (primary N) is 1. The first-order valence-electron chi connectivity index (χ1n) is 5.71. The molecule has 1 aromatic rings. The Balaban J connectivity index is 2.94. The van der Waals surface area contributed by atoms with Crippen LogP contribution in [0.25, 0.3) is 0 Å². The number of nitrogens with zero attached hydrogens (tertiary/aromatic N) is 1. The average molecular weight is 242 g/mol. The number of hydrogen-bond donors (Lipinski definition) is 1. The SMILES string of the molecule is CCC(C)(OC)c1nc(C(N)C(C)C)cs1. The Morgan fingerprint density at radius 1 is 1.56 bits per heavy atom. The minimum Gasteiger partial charge on any atom is -0.371 e. The van der Waals surface area contributed by atoms with Crippen LogP contribution in [0, 0.1) is 5.92 Å². The zero-order chi connectivity index (χ0) is 12.3. The molecule has 0 aliphatic rings. The molecular weight excluding hydrogens is 220 g/mol. The van der Waals surface area contributed by atoms with Crippen molar-refractivity contribution in [2.45, 2.75) is 45.8 Å². The van der Waals surface area contributed by atoms with Gasteiger partial charge in [-0.3, -0.25) is 0 Å². The van der Waals surface area contributed by atoms with Crippen molar-refractivity contribution in [1.29, 1.82) is 0 Å². The zero-order valence-electron chi connectivity index (χ0n) is 10.8. The van der Waals surface area contributed by atoms with Gasteiger partial charge in [0.15, 0.2) is 0 Å². The fraction of sp³-hybridized carbons (Fsp3) is 0.750. The van der Waals surface area contributed by atoms with Gasteiger partial charge in [-0.1, -0.05) is 20.8 Å². The summed E-state index contributed by atoms with van der Waals surface area (Å²) in [7, 11) is 1.73. The van der Waals surface area contributed by atoms with E-state index < -0.39 is 0 Å². The smallest absolute Gasteiger partial charge is 0.125 e. The summed E-state index contributed by atoms with van der Waals surface area (Å²) < 4.78 is 5.53. The van der Waals surface area contributed by atoms with Gasteiger partial charge in [0, 0.05) is 12.5 Å². The standard InChI is InChI=1S/C12H22N2OS/c1-6-12(4,15-5)11-14-9(7-16-11)10(13)8(2)3/h7-8,10H,6,13H2,1-5H3. The van der Waals surface area contributed by atoms with Crippen LogP contribution >= 0.6 is 11.3 Å². The van der Waals surface area contributed by atoms with Gasteiger partial charge in [-0.25, -0.2) is 4.98 Å². The highest BCUT2D eigenvalue weighted by atomic mass is 32.1. The van der Waals surface area contributed by atoms with E-state index in [0.29, 0.717) is 5.92 Å². The Labute approximate surface area is 102 Å². The molecule has 0 aliphatic carbocycles.